The fourth-order valence-corrected chi connectivity index (χ4v) is 2.71. The van der Waals surface area contributed by atoms with Crippen molar-refractivity contribution >= 4 is 11.4 Å². The second-order valence-electron chi connectivity index (χ2n) is 5.40. The first kappa shape index (κ1) is 13.0. The molecule has 0 atom stereocenters. The Balaban J connectivity index is 1.63. The summed E-state index contributed by atoms with van der Waals surface area (Å²) in [6.45, 7) is 7.05. The van der Waals surface area contributed by atoms with Gasteiger partial charge in [0.05, 0.1) is 5.69 Å². The van der Waals surface area contributed by atoms with Gasteiger partial charge in [0.1, 0.15) is 5.76 Å². The summed E-state index contributed by atoms with van der Waals surface area (Å²) in [5, 5.41) is 7.40. The number of hydrogen-bond acceptors (Lipinski definition) is 4. The molecule has 0 spiro atoms. The Labute approximate surface area is 119 Å². The minimum Gasteiger partial charge on any atom is -0.381 e. The van der Waals surface area contributed by atoms with Crippen LogP contribution >= 0.6 is 0 Å². The molecule has 3 rings (SSSR count). The summed E-state index contributed by atoms with van der Waals surface area (Å²) in [6.07, 6.45) is 2.62. The van der Waals surface area contributed by atoms with Crippen LogP contribution in [0.2, 0.25) is 0 Å². The summed E-state index contributed by atoms with van der Waals surface area (Å²) in [5.74, 6) is 0.892. The summed E-state index contributed by atoms with van der Waals surface area (Å²) in [4.78, 5) is 2.44. The Kier molecular flexibility index (Phi) is 3.63. The van der Waals surface area contributed by atoms with E-state index in [-0.39, 0.29) is 0 Å². The molecule has 0 saturated carbocycles. The van der Waals surface area contributed by atoms with Crippen LogP contribution in [0.3, 0.4) is 0 Å². The highest BCUT2D eigenvalue weighted by molar-refractivity contribution is 5.55. The predicted molar refractivity (Wildman–Crippen MR) is 81.2 cm³/mol. The summed E-state index contributed by atoms with van der Waals surface area (Å²) >= 11 is 0. The monoisotopic (exact) mass is 271 g/mol. The molecule has 4 nitrogen and oxygen atoms in total. The van der Waals surface area contributed by atoms with Gasteiger partial charge >= 0.3 is 0 Å². The molecule has 20 heavy (non-hydrogen) atoms. The van der Waals surface area contributed by atoms with Crippen LogP contribution in [0.5, 0.6) is 0 Å². The highest BCUT2D eigenvalue weighted by Gasteiger charge is 2.12. The normalized spacial score (nSPS) is 14.8. The zero-order valence-electron chi connectivity index (χ0n) is 12.1. The van der Waals surface area contributed by atoms with Gasteiger partial charge < -0.3 is 14.7 Å². The average molecular weight is 271 g/mol. The molecule has 4 heteroatoms. The van der Waals surface area contributed by atoms with Gasteiger partial charge in [-0.1, -0.05) is 5.16 Å². The average Bonchev–Trinajstić information content (AvgIpc) is 3.09. The SMILES string of the molecule is Cc1noc(C)c1CNc1ccc(N2CCCC2)cc1. The molecule has 1 saturated heterocycles. The Morgan fingerprint density at radius 3 is 2.45 bits per heavy atom. The maximum atomic E-state index is 5.17. The number of rotatable bonds is 4. The van der Waals surface area contributed by atoms with Crippen LogP contribution in [0, 0.1) is 13.8 Å². The Hall–Kier alpha value is -1.97. The van der Waals surface area contributed by atoms with E-state index in [0.717, 1.165) is 29.2 Å². The molecule has 0 aliphatic carbocycles. The van der Waals surface area contributed by atoms with Crippen LogP contribution in [-0.2, 0) is 6.54 Å². The quantitative estimate of drug-likeness (QED) is 0.924. The standard InChI is InChI=1S/C16H21N3O/c1-12-16(13(2)20-18-12)11-17-14-5-7-15(8-6-14)19-9-3-4-10-19/h5-8,17H,3-4,9-11H2,1-2H3. The van der Waals surface area contributed by atoms with Gasteiger partial charge in [-0.05, 0) is 51.0 Å². The smallest absolute Gasteiger partial charge is 0.138 e. The van der Waals surface area contributed by atoms with Crippen LogP contribution in [0.25, 0.3) is 0 Å². The lowest BCUT2D eigenvalue weighted by atomic mass is 10.2. The zero-order chi connectivity index (χ0) is 13.9. The van der Waals surface area contributed by atoms with Gasteiger partial charge in [-0.3, -0.25) is 0 Å². The van der Waals surface area contributed by atoms with E-state index in [0.29, 0.717) is 0 Å². The molecule has 0 bridgehead atoms. The molecule has 0 amide bonds. The lowest BCUT2D eigenvalue weighted by Gasteiger charge is -2.18. The van der Waals surface area contributed by atoms with Crippen LogP contribution in [0.1, 0.15) is 29.9 Å². The van der Waals surface area contributed by atoms with E-state index in [1.54, 1.807) is 0 Å². The molecule has 2 heterocycles. The van der Waals surface area contributed by atoms with Crippen molar-refractivity contribution in [1.82, 2.24) is 5.16 Å². The second kappa shape index (κ2) is 5.57. The van der Waals surface area contributed by atoms with Gasteiger partial charge in [0.25, 0.3) is 0 Å². The molecule has 1 aliphatic rings. The van der Waals surface area contributed by atoms with E-state index in [1.807, 2.05) is 13.8 Å². The minimum absolute atomic E-state index is 0.754. The van der Waals surface area contributed by atoms with Crippen molar-refractivity contribution in [2.45, 2.75) is 33.2 Å². The molecule has 1 fully saturated rings. The van der Waals surface area contributed by atoms with Crippen molar-refractivity contribution in [2.75, 3.05) is 23.3 Å². The van der Waals surface area contributed by atoms with Gasteiger partial charge in [0.15, 0.2) is 0 Å². The van der Waals surface area contributed by atoms with E-state index < -0.39 is 0 Å². The molecule has 0 radical (unpaired) electrons. The first-order chi connectivity index (χ1) is 9.74. The fraction of sp³-hybridized carbons (Fsp3) is 0.438. The highest BCUT2D eigenvalue weighted by Crippen LogP contribution is 2.22. The van der Waals surface area contributed by atoms with Gasteiger partial charge in [0.2, 0.25) is 0 Å². The molecule has 1 aromatic heterocycles. The topological polar surface area (TPSA) is 41.3 Å². The minimum atomic E-state index is 0.754. The predicted octanol–water partition coefficient (Wildman–Crippen LogP) is 3.50. The van der Waals surface area contributed by atoms with Gasteiger partial charge in [-0.15, -0.1) is 0 Å². The van der Waals surface area contributed by atoms with Crippen molar-refractivity contribution in [3.63, 3.8) is 0 Å². The van der Waals surface area contributed by atoms with E-state index in [4.69, 9.17) is 4.52 Å². The van der Waals surface area contributed by atoms with Crippen LogP contribution < -0.4 is 10.2 Å². The van der Waals surface area contributed by atoms with Gasteiger partial charge in [0, 0.05) is 36.6 Å². The third-order valence-corrected chi connectivity index (χ3v) is 3.99. The highest BCUT2D eigenvalue weighted by atomic mass is 16.5. The van der Waals surface area contributed by atoms with E-state index in [2.05, 4.69) is 39.6 Å². The van der Waals surface area contributed by atoms with Crippen molar-refractivity contribution < 1.29 is 4.52 Å². The second-order valence-corrected chi connectivity index (χ2v) is 5.40. The summed E-state index contributed by atoms with van der Waals surface area (Å²) in [6, 6.07) is 8.68. The number of nitrogens with one attached hydrogen (secondary N) is 1. The Morgan fingerprint density at radius 1 is 1.15 bits per heavy atom. The number of hydrogen-bond donors (Lipinski definition) is 1. The lowest BCUT2D eigenvalue weighted by Crippen LogP contribution is -2.17. The first-order valence-electron chi connectivity index (χ1n) is 7.24. The largest absolute Gasteiger partial charge is 0.381 e. The van der Waals surface area contributed by atoms with Crippen LogP contribution in [0.15, 0.2) is 28.8 Å². The van der Waals surface area contributed by atoms with Crippen LogP contribution in [0.4, 0.5) is 11.4 Å². The number of anilines is 2. The van der Waals surface area contributed by atoms with Gasteiger partial charge in [-0.25, -0.2) is 0 Å². The third kappa shape index (κ3) is 2.64. The number of benzene rings is 1. The van der Waals surface area contributed by atoms with Crippen LogP contribution in [-0.4, -0.2) is 18.2 Å². The molecular formula is C16H21N3O. The van der Waals surface area contributed by atoms with Crippen molar-refractivity contribution in [3.8, 4) is 0 Å². The Bertz CT molecular complexity index is 548. The molecule has 106 valence electrons. The van der Waals surface area contributed by atoms with Crippen molar-refractivity contribution in [3.05, 3.63) is 41.3 Å². The maximum Gasteiger partial charge on any atom is 0.138 e. The lowest BCUT2D eigenvalue weighted by molar-refractivity contribution is 0.392. The maximum absolute atomic E-state index is 5.17. The number of nitrogens with zero attached hydrogens (tertiary/aromatic N) is 2. The van der Waals surface area contributed by atoms with E-state index in [1.165, 1.54) is 31.6 Å². The molecule has 0 unspecified atom stereocenters. The van der Waals surface area contributed by atoms with Crippen molar-refractivity contribution in [2.24, 2.45) is 0 Å². The molecular weight excluding hydrogens is 250 g/mol. The molecule has 2 aromatic rings. The fourth-order valence-electron chi connectivity index (χ4n) is 2.71. The summed E-state index contributed by atoms with van der Waals surface area (Å²) < 4.78 is 5.17. The van der Waals surface area contributed by atoms with Gasteiger partial charge in [-0.2, -0.15) is 0 Å². The molecule has 1 aromatic carbocycles. The van der Waals surface area contributed by atoms with E-state index in [9.17, 15) is 0 Å². The third-order valence-electron chi connectivity index (χ3n) is 3.99. The van der Waals surface area contributed by atoms with E-state index >= 15 is 0 Å². The molecule has 1 aliphatic heterocycles. The number of aryl methyl sites for hydroxylation is 2. The summed E-state index contributed by atoms with van der Waals surface area (Å²) in [7, 11) is 0. The Morgan fingerprint density at radius 2 is 1.85 bits per heavy atom. The number of aromatic nitrogens is 1. The summed E-state index contributed by atoms with van der Waals surface area (Å²) in [5.41, 5.74) is 4.57. The van der Waals surface area contributed by atoms with Crippen molar-refractivity contribution in [1.29, 1.82) is 0 Å². The molecule has 1 N–H and O–H groups in total. The zero-order valence-corrected chi connectivity index (χ0v) is 12.1. The first-order valence-corrected chi connectivity index (χ1v) is 7.24.